The fraction of sp³-hybridized carbons (Fsp3) is 0.0909. The van der Waals surface area contributed by atoms with Crippen LogP contribution in [0.25, 0.3) is 0 Å². The molecule has 0 atom stereocenters. The van der Waals surface area contributed by atoms with Crippen molar-refractivity contribution in [1.82, 2.24) is 0 Å². The molecule has 0 saturated carbocycles. The minimum Gasteiger partial charge on any atom is -0.496 e. The Bertz CT molecular complexity index is 1020. The highest BCUT2D eigenvalue weighted by atomic mass is 19.1. The van der Waals surface area contributed by atoms with E-state index < -0.39 is 5.97 Å². The van der Waals surface area contributed by atoms with Gasteiger partial charge in [-0.1, -0.05) is 12.1 Å². The number of methoxy groups -OCH3 is 1. The zero-order valence-electron chi connectivity index (χ0n) is 15.6. The van der Waals surface area contributed by atoms with Gasteiger partial charge in [0.2, 0.25) is 0 Å². The van der Waals surface area contributed by atoms with Crippen molar-refractivity contribution in [2.45, 2.75) is 6.61 Å². The Morgan fingerprint density at radius 2 is 1.90 bits per heavy atom. The predicted molar refractivity (Wildman–Crippen MR) is 108 cm³/mol. The maximum absolute atomic E-state index is 13.0. The fourth-order valence-electron chi connectivity index (χ4n) is 2.63. The van der Waals surface area contributed by atoms with E-state index in [1.54, 1.807) is 49.7 Å². The first-order valence-corrected chi connectivity index (χ1v) is 8.73. The monoisotopic (exact) mass is 394 g/mol. The van der Waals surface area contributed by atoms with Gasteiger partial charge in [0.1, 0.15) is 23.9 Å². The number of carboxylic acids is 1. The van der Waals surface area contributed by atoms with Gasteiger partial charge >= 0.3 is 5.97 Å². The van der Waals surface area contributed by atoms with Gasteiger partial charge in [0.15, 0.2) is 0 Å². The van der Waals surface area contributed by atoms with Crippen LogP contribution in [0.5, 0.6) is 11.5 Å². The van der Waals surface area contributed by atoms with E-state index in [1.807, 2.05) is 12.1 Å². The summed E-state index contributed by atoms with van der Waals surface area (Å²) in [6.45, 7) is 0.228. The number of nitrogens with zero attached hydrogens (tertiary/aromatic N) is 1. The standard InChI is InChI=1S/C22H19FN2O4/c1-28-21-11-6-15(12-16(21)14-29-18-9-7-17(23)8-10-18)13-24-25-20-5-3-2-4-19(20)22(26)27/h2-13,25H,14H2,1H3,(H,26,27). The third-order valence-corrected chi connectivity index (χ3v) is 4.07. The molecule has 0 aliphatic heterocycles. The first-order valence-electron chi connectivity index (χ1n) is 8.73. The summed E-state index contributed by atoms with van der Waals surface area (Å²) in [6, 6.07) is 17.7. The Labute approximate surface area is 167 Å². The van der Waals surface area contributed by atoms with Gasteiger partial charge in [-0.25, -0.2) is 9.18 Å². The van der Waals surface area contributed by atoms with Crippen LogP contribution in [0, 0.1) is 5.82 Å². The average Bonchev–Trinajstić information content (AvgIpc) is 2.73. The maximum Gasteiger partial charge on any atom is 0.337 e. The smallest absolute Gasteiger partial charge is 0.337 e. The molecule has 0 aromatic heterocycles. The Kier molecular flexibility index (Phi) is 6.42. The lowest BCUT2D eigenvalue weighted by Crippen LogP contribution is -2.02. The van der Waals surface area contributed by atoms with Gasteiger partial charge in [-0.15, -0.1) is 0 Å². The summed E-state index contributed by atoms with van der Waals surface area (Å²) < 4.78 is 24.0. The lowest BCUT2D eigenvalue weighted by atomic mass is 10.1. The van der Waals surface area contributed by atoms with Crippen LogP contribution in [0.4, 0.5) is 10.1 Å². The van der Waals surface area contributed by atoms with Crippen LogP contribution in [-0.2, 0) is 6.61 Å². The number of benzene rings is 3. The minimum atomic E-state index is -1.03. The first-order chi connectivity index (χ1) is 14.1. The molecular weight excluding hydrogens is 375 g/mol. The summed E-state index contributed by atoms with van der Waals surface area (Å²) in [5.74, 6) is -0.175. The molecule has 148 valence electrons. The molecule has 0 fully saturated rings. The van der Waals surface area contributed by atoms with Crippen molar-refractivity contribution in [3.05, 3.63) is 89.2 Å². The van der Waals surface area contributed by atoms with E-state index in [0.717, 1.165) is 11.1 Å². The average molecular weight is 394 g/mol. The van der Waals surface area contributed by atoms with Gasteiger partial charge in [-0.05, 0) is 60.2 Å². The molecular formula is C22H19FN2O4. The molecule has 0 aliphatic rings. The number of anilines is 1. The lowest BCUT2D eigenvalue weighted by molar-refractivity contribution is 0.0698. The number of carbonyl (C=O) groups is 1. The molecule has 7 heteroatoms. The molecule has 6 nitrogen and oxygen atoms in total. The molecule has 0 aliphatic carbocycles. The first kappa shape index (κ1) is 19.9. The number of nitrogens with one attached hydrogen (secondary N) is 1. The summed E-state index contributed by atoms with van der Waals surface area (Å²) in [5.41, 5.74) is 4.82. The zero-order valence-corrected chi connectivity index (χ0v) is 15.6. The number of carboxylic acid groups (broad SMARTS) is 1. The molecule has 2 N–H and O–H groups in total. The highest BCUT2D eigenvalue weighted by molar-refractivity contribution is 5.94. The highest BCUT2D eigenvalue weighted by Crippen LogP contribution is 2.22. The molecule has 29 heavy (non-hydrogen) atoms. The highest BCUT2D eigenvalue weighted by Gasteiger charge is 2.08. The topological polar surface area (TPSA) is 80.2 Å². The van der Waals surface area contributed by atoms with Crippen LogP contribution in [0.3, 0.4) is 0 Å². The number of ether oxygens (including phenoxy) is 2. The van der Waals surface area contributed by atoms with Crippen LogP contribution >= 0.6 is 0 Å². The molecule has 3 rings (SSSR count). The van der Waals surface area contributed by atoms with Gasteiger partial charge in [0.05, 0.1) is 24.6 Å². The number of rotatable bonds is 8. The molecule has 3 aromatic carbocycles. The van der Waals surface area contributed by atoms with Crippen molar-refractivity contribution in [2.75, 3.05) is 12.5 Å². The normalized spacial score (nSPS) is 10.7. The third kappa shape index (κ3) is 5.32. The summed E-state index contributed by atoms with van der Waals surface area (Å²) >= 11 is 0. The molecule has 0 unspecified atom stereocenters. The van der Waals surface area contributed by atoms with Crippen LogP contribution in [0.1, 0.15) is 21.5 Å². The van der Waals surface area contributed by atoms with E-state index in [9.17, 15) is 14.3 Å². The fourth-order valence-corrected chi connectivity index (χ4v) is 2.63. The Morgan fingerprint density at radius 3 is 2.62 bits per heavy atom. The molecule has 3 aromatic rings. The summed E-state index contributed by atoms with van der Waals surface area (Å²) in [6.07, 6.45) is 1.57. The number of para-hydroxylation sites is 1. The lowest BCUT2D eigenvalue weighted by Gasteiger charge is -2.11. The zero-order chi connectivity index (χ0) is 20.6. The van der Waals surface area contributed by atoms with E-state index in [2.05, 4.69) is 10.5 Å². The van der Waals surface area contributed by atoms with E-state index >= 15 is 0 Å². The molecule has 0 amide bonds. The van der Waals surface area contributed by atoms with E-state index in [-0.39, 0.29) is 18.0 Å². The second-order valence-corrected chi connectivity index (χ2v) is 6.03. The van der Waals surface area contributed by atoms with Crippen molar-refractivity contribution in [3.8, 4) is 11.5 Å². The summed E-state index contributed by atoms with van der Waals surface area (Å²) in [4.78, 5) is 11.2. The van der Waals surface area contributed by atoms with Gasteiger partial charge in [-0.3, -0.25) is 5.43 Å². The third-order valence-electron chi connectivity index (χ3n) is 4.07. The Morgan fingerprint density at radius 1 is 1.14 bits per heavy atom. The van der Waals surface area contributed by atoms with Crippen molar-refractivity contribution in [3.63, 3.8) is 0 Å². The van der Waals surface area contributed by atoms with Gasteiger partial charge in [-0.2, -0.15) is 5.10 Å². The number of aromatic carboxylic acids is 1. The summed E-state index contributed by atoms with van der Waals surface area (Å²) in [7, 11) is 1.56. The number of halogens is 1. The van der Waals surface area contributed by atoms with Gasteiger partial charge in [0.25, 0.3) is 0 Å². The van der Waals surface area contributed by atoms with Crippen molar-refractivity contribution < 1.29 is 23.8 Å². The molecule has 0 bridgehead atoms. The molecule has 0 heterocycles. The van der Waals surface area contributed by atoms with Crippen molar-refractivity contribution >= 4 is 17.9 Å². The van der Waals surface area contributed by atoms with Gasteiger partial charge in [0, 0.05) is 5.56 Å². The molecule has 0 saturated heterocycles. The Hall–Kier alpha value is -3.87. The second kappa shape index (κ2) is 9.36. The number of hydrazone groups is 1. The van der Waals surface area contributed by atoms with E-state index in [4.69, 9.17) is 9.47 Å². The van der Waals surface area contributed by atoms with Crippen molar-refractivity contribution in [2.24, 2.45) is 5.10 Å². The SMILES string of the molecule is COc1ccc(C=NNc2ccccc2C(=O)O)cc1COc1ccc(F)cc1. The molecule has 0 spiro atoms. The van der Waals surface area contributed by atoms with Gasteiger partial charge < -0.3 is 14.6 Å². The summed E-state index contributed by atoms with van der Waals surface area (Å²) in [5, 5.41) is 13.3. The van der Waals surface area contributed by atoms with Crippen molar-refractivity contribution in [1.29, 1.82) is 0 Å². The largest absolute Gasteiger partial charge is 0.496 e. The quantitative estimate of drug-likeness (QED) is 0.433. The number of hydrogen-bond donors (Lipinski definition) is 2. The van der Waals surface area contributed by atoms with Crippen LogP contribution in [-0.4, -0.2) is 24.4 Å². The Balaban J connectivity index is 1.72. The van der Waals surface area contributed by atoms with E-state index in [1.165, 1.54) is 18.2 Å². The van der Waals surface area contributed by atoms with Crippen LogP contribution in [0.15, 0.2) is 71.8 Å². The minimum absolute atomic E-state index is 0.132. The predicted octanol–water partition coefficient (Wildman–Crippen LogP) is 4.56. The van der Waals surface area contributed by atoms with Crippen LogP contribution < -0.4 is 14.9 Å². The second-order valence-electron chi connectivity index (χ2n) is 6.03. The molecule has 0 radical (unpaired) electrons. The number of hydrogen-bond acceptors (Lipinski definition) is 5. The van der Waals surface area contributed by atoms with E-state index in [0.29, 0.717) is 17.2 Å². The maximum atomic E-state index is 13.0. The van der Waals surface area contributed by atoms with Crippen LogP contribution in [0.2, 0.25) is 0 Å².